The molecule has 0 fully saturated rings. The van der Waals surface area contributed by atoms with Gasteiger partial charge in [-0.1, -0.05) is 25.1 Å². The summed E-state index contributed by atoms with van der Waals surface area (Å²) >= 11 is 1.45. The maximum Gasteiger partial charge on any atom is 0.410 e. The summed E-state index contributed by atoms with van der Waals surface area (Å²) in [5.74, 6) is 0.208. The number of methoxy groups -OCH3 is 2. The highest BCUT2D eigenvalue weighted by Gasteiger charge is 2.40. The van der Waals surface area contributed by atoms with E-state index in [-0.39, 0.29) is 36.3 Å². The zero-order valence-electron chi connectivity index (χ0n) is 21.3. The number of amides is 2. The highest BCUT2D eigenvalue weighted by Crippen LogP contribution is 2.44. The zero-order chi connectivity index (χ0) is 26.1. The minimum absolute atomic E-state index is 0.0402. The van der Waals surface area contributed by atoms with Crippen LogP contribution in [0.5, 0.6) is 5.75 Å². The molecule has 4 atom stereocenters. The molecule has 9 nitrogen and oxygen atoms in total. The first kappa shape index (κ1) is 27.8. The van der Waals surface area contributed by atoms with Crippen LogP contribution in [-0.4, -0.2) is 75.5 Å². The van der Waals surface area contributed by atoms with Crippen molar-refractivity contribution in [2.75, 3.05) is 47.1 Å². The maximum atomic E-state index is 12.9. The molecule has 2 aliphatic rings. The SMILES string of the molecule is CCOc1ccccc1C(C)CC(=O)NC1SC2=C(CCN(C(=O)OCC(COC)OC)C2)C1C#N. The molecule has 0 saturated carbocycles. The molecule has 1 aromatic carbocycles. The fourth-order valence-electron chi connectivity index (χ4n) is 4.41. The summed E-state index contributed by atoms with van der Waals surface area (Å²) in [6.07, 6.45) is 0.101. The Kier molecular flexibility index (Phi) is 10.5. The number of benzene rings is 1. The van der Waals surface area contributed by atoms with Gasteiger partial charge in [-0.3, -0.25) is 4.79 Å². The summed E-state index contributed by atoms with van der Waals surface area (Å²) in [4.78, 5) is 28.1. The summed E-state index contributed by atoms with van der Waals surface area (Å²) < 4.78 is 21.4. The number of nitrogens with one attached hydrogen (secondary N) is 1. The highest BCUT2D eigenvalue weighted by molar-refractivity contribution is 8.04. The van der Waals surface area contributed by atoms with E-state index in [1.807, 2.05) is 38.1 Å². The number of nitriles is 1. The van der Waals surface area contributed by atoms with Crippen LogP contribution < -0.4 is 10.1 Å². The third-order valence-corrected chi connectivity index (χ3v) is 7.63. The Morgan fingerprint density at radius 3 is 2.75 bits per heavy atom. The standard InChI is InChI=1S/C26H35N3O6S/c1-5-34-22-9-7-6-8-19(22)17(2)12-24(30)28-25-21(13-27)20-10-11-29(14-23(20)36-25)26(31)35-16-18(33-4)15-32-3/h6-9,17-18,21,25H,5,10-12,14-16H2,1-4H3,(H,28,30). The van der Waals surface area contributed by atoms with Crippen molar-refractivity contribution in [3.63, 3.8) is 0 Å². The van der Waals surface area contributed by atoms with Crippen LogP contribution in [-0.2, 0) is 19.0 Å². The Balaban J connectivity index is 1.56. The van der Waals surface area contributed by atoms with E-state index in [2.05, 4.69) is 11.4 Å². The number of carbonyl (C=O) groups is 2. The van der Waals surface area contributed by atoms with Gasteiger partial charge in [-0.25, -0.2) is 4.79 Å². The van der Waals surface area contributed by atoms with Crippen molar-refractivity contribution in [2.45, 2.75) is 44.1 Å². The molecule has 1 aromatic rings. The van der Waals surface area contributed by atoms with Gasteiger partial charge in [-0.2, -0.15) is 5.26 Å². The molecular weight excluding hydrogens is 482 g/mol. The molecule has 1 N–H and O–H groups in total. The van der Waals surface area contributed by atoms with Gasteiger partial charge in [0.2, 0.25) is 5.91 Å². The lowest BCUT2D eigenvalue weighted by atomic mass is 9.94. The van der Waals surface area contributed by atoms with Crippen molar-refractivity contribution in [1.29, 1.82) is 5.26 Å². The Hall–Kier alpha value is -2.74. The van der Waals surface area contributed by atoms with Crippen molar-refractivity contribution in [3.05, 3.63) is 40.3 Å². The van der Waals surface area contributed by atoms with Gasteiger partial charge >= 0.3 is 6.09 Å². The van der Waals surface area contributed by atoms with Gasteiger partial charge in [0.1, 0.15) is 18.5 Å². The predicted octanol–water partition coefficient (Wildman–Crippen LogP) is 3.67. The quantitative estimate of drug-likeness (QED) is 0.474. The van der Waals surface area contributed by atoms with Crippen LogP contribution in [0.2, 0.25) is 0 Å². The van der Waals surface area contributed by atoms with Crippen LogP contribution in [0.4, 0.5) is 4.79 Å². The number of carbonyl (C=O) groups excluding carboxylic acids is 2. The second kappa shape index (κ2) is 13.5. The normalized spacial score (nSPS) is 20.8. The van der Waals surface area contributed by atoms with Crippen molar-refractivity contribution in [3.8, 4) is 11.8 Å². The van der Waals surface area contributed by atoms with E-state index in [1.54, 1.807) is 19.1 Å². The molecule has 0 bridgehead atoms. The first-order valence-electron chi connectivity index (χ1n) is 12.1. The third-order valence-electron chi connectivity index (χ3n) is 6.31. The molecule has 2 amide bonds. The number of nitrogens with zero attached hydrogens (tertiary/aromatic N) is 2. The first-order chi connectivity index (χ1) is 17.4. The molecule has 0 radical (unpaired) electrons. The number of hydrogen-bond donors (Lipinski definition) is 1. The van der Waals surface area contributed by atoms with Crippen LogP contribution >= 0.6 is 11.8 Å². The molecule has 36 heavy (non-hydrogen) atoms. The number of rotatable bonds is 11. The van der Waals surface area contributed by atoms with Crippen molar-refractivity contribution in [1.82, 2.24) is 10.2 Å². The van der Waals surface area contributed by atoms with Crippen LogP contribution in [0.1, 0.15) is 38.2 Å². The summed E-state index contributed by atoms with van der Waals surface area (Å²) in [5, 5.41) is 12.5. The molecule has 2 aliphatic heterocycles. The number of thioether (sulfide) groups is 1. The van der Waals surface area contributed by atoms with Crippen molar-refractivity contribution in [2.24, 2.45) is 5.92 Å². The zero-order valence-corrected chi connectivity index (χ0v) is 22.1. The Morgan fingerprint density at radius 1 is 1.28 bits per heavy atom. The first-order valence-corrected chi connectivity index (χ1v) is 13.0. The van der Waals surface area contributed by atoms with Crippen LogP contribution in [0, 0.1) is 17.2 Å². The molecule has 196 valence electrons. The average Bonchev–Trinajstić information content (AvgIpc) is 3.22. The molecule has 0 aliphatic carbocycles. The summed E-state index contributed by atoms with van der Waals surface area (Å²) in [6.45, 7) is 5.74. The van der Waals surface area contributed by atoms with Gasteiger partial charge in [0.05, 0.1) is 37.1 Å². The van der Waals surface area contributed by atoms with Crippen LogP contribution in [0.25, 0.3) is 0 Å². The van der Waals surface area contributed by atoms with Gasteiger partial charge < -0.3 is 29.2 Å². The second-order valence-electron chi connectivity index (χ2n) is 8.80. The average molecular weight is 518 g/mol. The maximum absolute atomic E-state index is 12.9. The summed E-state index contributed by atoms with van der Waals surface area (Å²) in [5.41, 5.74) is 1.99. The molecule has 3 rings (SSSR count). The summed E-state index contributed by atoms with van der Waals surface area (Å²) in [7, 11) is 3.10. The molecule has 0 saturated heterocycles. The van der Waals surface area contributed by atoms with Crippen LogP contribution in [0.3, 0.4) is 0 Å². The lowest BCUT2D eigenvalue weighted by molar-refractivity contribution is -0.121. The number of para-hydroxylation sites is 1. The molecule has 2 heterocycles. The minimum Gasteiger partial charge on any atom is -0.494 e. The van der Waals surface area contributed by atoms with Crippen LogP contribution in [0.15, 0.2) is 34.7 Å². The fraction of sp³-hybridized carbons (Fsp3) is 0.577. The fourth-order valence-corrected chi connectivity index (χ4v) is 5.88. The molecule has 0 aromatic heterocycles. The Morgan fingerprint density at radius 2 is 2.06 bits per heavy atom. The molecule has 4 unspecified atom stereocenters. The van der Waals surface area contributed by atoms with Gasteiger partial charge in [0.15, 0.2) is 0 Å². The lowest BCUT2D eigenvalue weighted by Crippen LogP contribution is -2.39. The van der Waals surface area contributed by atoms with E-state index in [9.17, 15) is 14.9 Å². The van der Waals surface area contributed by atoms with Gasteiger partial charge in [0, 0.05) is 32.1 Å². The van der Waals surface area contributed by atoms with E-state index in [0.717, 1.165) is 21.8 Å². The second-order valence-corrected chi connectivity index (χ2v) is 10.0. The predicted molar refractivity (Wildman–Crippen MR) is 137 cm³/mol. The van der Waals surface area contributed by atoms with Crippen molar-refractivity contribution >= 4 is 23.8 Å². The molecule has 10 heteroatoms. The van der Waals surface area contributed by atoms with Crippen molar-refractivity contribution < 1.29 is 28.5 Å². The van der Waals surface area contributed by atoms with E-state index in [0.29, 0.717) is 32.7 Å². The highest BCUT2D eigenvalue weighted by atomic mass is 32.2. The van der Waals surface area contributed by atoms with E-state index in [1.165, 1.54) is 11.8 Å². The number of hydrogen-bond acceptors (Lipinski definition) is 8. The molecular formula is C26H35N3O6S. The smallest absolute Gasteiger partial charge is 0.410 e. The topological polar surface area (TPSA) is 110 Å². The largest absolute Gasteiger partial charge is 0.494 e. The van der Waals surface area contributed by atoms with E-state index in [4.69, 9.17) is 18.9 Å². The van der Waals surface area contributed by atoms with Gasteiger partial charge in [-0.05, 0) is 36.5 Å². The van der Waals surface area contributed by atoms with E-state index >= 15 is 0 Å². The lowest BCUT2D eigenvalue weighted by Gasteiger charge is -2.28. The third kappa shape index (κ3) is 6.93. The Labute approximate surface area is 217 Å². The minimum atomic E-state index is -0.428. The van der Waals surface area contributed by atoms with E-state index < -0.39 is 12.0 Å². The summed E-state index contributed by atoms with van der Waals surface area (Å²) in [6, 6.07) is 10.1. The van der Waals surface area contributed by atoms with Gasteiger partial charge in [-0.15, -0.1) is 11.8 Å². The Bertz CT molecular complexity index is 994. The number of ether oxygens (including phenoxy) is 4. The monoisotopic (exact) mass is 517 g/mol. The molecule has 0 spiro atoms. The van der Waals surface area contributed by atoms with Gasteiger partial charge in [0.25, 0.3) is 0 Å².